The van der Waals surface area contributed by atoms with Crippen LogP contribution >= 0.6 is 0 Å². The van der Waals surface area contributed by atoms with E-state index in [0.717, 1.165) is 24.0 Å². The molecule has 1 heterocycles. The Bertz CT molecular complexity index is 1000. The van der Waals surface area contributed by atoms with E-state index in [9.17, 15) is 8.42 Å². The van der Waals surface area contributed by atoms with Gasteiger partial charge < -0.3 is 0 Å². The van der Waals surface area contributed by atoms with Crippen molar-refractivity contribution in [2.75, 3.05) is 13.1 Å². The minimum Gasteiger partial charge on any atom is -0.207 e. The summed E-state index contributed by atoms with van der Waals surface area (Å²) in [6.45, 7) is 5.18. The molecule has 4 rings (SSSR count). The molecule has 1 aliphatic carbocycles. The zero-order valence-electron chi connectivity index (χ0n) is 15.9. The Morgan fingerprint density at radius 3 is 2.41 bits per heavy atom. The molecule has 2 aliphatic rings. The van der Waals surface area contributed by atoms with E-state index in [4.69, 9.17) is 0 Å². The van der Waals surface area contributed by atoms with Gasteiger partial charge in [-0.15, -0.1) is 0 Å². The molecule has 3 nitrogen and oxygen atoms in total. The number of benzene rings is 2. The molecule has 0 N–H and O–H groups in total. The molecule has 27 heavy (non-hydrogen) atoms. The first-order chi connectivity index (χ1) is 12.9. The highest BCUT2D eigenvalue weighted by molar-refractivity contribution is 7.89. The van der Waals surface area contributed by atoms with Gasteiger partial charge in [-0.25, -0.2) is 8.42 Å². The van der Waals surface area contributed by atoms with E-state index >= 15 is 0 Å². The molecule has 2 aromatic carbocycles. The van der Waals surface area contributed by atoms with Gasteiger partial charge in [0.25, 0.3) is 0 Å². The van der Waals surface area contributed by atoms with Crippen LogP contribution < -0.4 is 0 Å². The highest BCUT2D eigenvalue weighted by atomic mass is 32.2. The van der Waals surface area contributed by atoms with Crippen molar-refractivity contribution in [2.24, 2.45) is 5.41 Å². The van der Waals surface area contributed by atoms with Crippen LogP contribution in [-0.2, 0) is 10.0 Å². The second-order valence-electron chi connectivity index (χ2n) is 7.85. The average molecular weight is 380 g/mol. The Kier molecular flexibility index (Phi) is 4.57. The van der Waals surface area contributed by atoms with Gasteiger partial charge in [0.2, 0.25) is 10.0 Å². The summed E-state index contributed by atoms with van der Waals surface area (Å²) in [7, 11) is -3.49. The summed E-state index contributed by atoms with van der Waals surface area (Å²) in [5.74, 6) is 0. The predicted molar refractivity (Wildman–Crippen MR) is 110 cm³/mol. The molecule has 0 spiro atoms. The first-order valence-electron chi connectivity index (χ1n) is 9.43. The molecule has 0 bridgehead atoms. The molecular formula is C23H25NO2S. The lowest BCUT2D eigenvalue weighted by Crippen LogP contribution is -2.31. The molecule has 2 aromatic rings. The van der Waals surface area contributed by atoms with Crippen molar-refractivity contribution in [1.82, 2.24) is 4.31 Å². The lowest BCUT2D eigenvalue weighted by molar-refractivity contribution is 0.354. The number of allylic oxidation sites excluding steroid dienone is 3. The van der Waals surface area contributed by atoms with Crippen molar-refractivity contribution in [3.05, 3.63) is 83.4 Å². The maximum Gasteiger partial charge on any atom is 0.243 e. The van der Waals surface area contributed by atoms with Crippen molar-refractivity contribution in [2.45, 2.75) is 31.6 Å². The lowest BCUT2D eigenvalue weighted by atomic mass is 9.79. The maximum atomic E-state index is 13.2. The van der Waals surface area contributed by atoms with E-state index in [2.05, 4.69) is 31.2 Å². The van der Waals surface area contributed by atoms with E-state index in [1.165, 1.54) is 11.1 Å². The van der Waals surface area contributed by atoms with Crippen LogP contribution in [0.3, 0.4) is 0 Å². The van der Waals surface area contributed by atoms with Gasteiger partial charge >= 0.3 is 0 Å². The third-order valence-corrected chi connectivity index (χ3v) is 7.61. The Hall–Kier alpha value is -2.17. The Labute approximate surface area is 162 Å². The van der Waals surface area contributed by atoms with Crippen LogP contribution in [0.25, 0.3) is 5.57 Å². The van der Waals surface area contributed by atoms with Gasteiger partial charge in [-0.05, 0) is 48.6 Å². The molecule has 1 saturated heterocycles. The summed E-state index contributed by atoms with van der Waals surface area (Å²) >= 11 is 0. The summed E-state index contributed by atoms with van der Waals surface area (Å²) < 4.78 is 28.2. The maximum absolute atomic E-state index is 13.2. The minimum absolute atomic E-state index is 0.132. The lowest BCUT2D eigenvalue weighted by Gasteiger charge is -2.25. The molecule has 1 atom stereocenters. The van der Waals surface area contributed by atoms with Gasteiger partial charge in [0.1, 0.15) is 0 Å². The number of rotatable bonds is 3. The molecule has 1 fully saturated rings. The molecule has 140 valence electrons. The van der Waals surface area contributed by atoms with Crippen LogP contribution in [0.15, 0.2) is 77.2 Å². The van der Waals surface area contributed by atoms with Crippen molar-refractivity contribution >= 4 is 15.6 Å². The highest BCUT2D eigenvalue weighted by Crippen LogP contribution is 2.46. The number of aryl methyl sites for hydroxylation is 1. The first-order valence-corrected chi connectivity index (χ1v) is 10.9. The van der Waals surface area contributed by atoms with E-state index in [-0.39, 0.29) is 5.41 Å². The fourth-order valence-corrected chi connectivity index (χ4v) is 5.70. The third kappa shape index (κ3) is 3.28. The second kappa shape index (κ2) is 6.77. The highest BCUT2D eigenvalue weighted by Gasteiger charge is 2.44. The van der Waals surface area contributed by atoms with Crippen molar-refractivity contribution in [3.63, 3.8) is 0 Å². The van der Waals surface area contributed by atoms with Crippen LogP contribution in [0.5, 0.6) is 0 Å². The number of hydrogen-bond donors (Lipinski definition) is 0. The van der Waals surface area contributed by atoms with E-state index in [1.54, 1.807) is 16.4 Å². The van der Waals surface area contributed by atoms with E-state index < -0.39 is 10.0 Å². The number of fused-ring (bicyclic) bond motifs is 1. The zero-order chi connectivity index (χ0) is 19.1. The average Bonchev–Trinajstić information content (AvgIpc) is 2.93. The fraction of sp³-hybridized carbons (Fsp3) is 0.304. The quantitative estimate of drug-likeness (QED) is 0.767. The van der Waals surface area contributed by atoms with E-state index in [0.29, 0.717) is 18.0 Å². The standard InChI is InChI=1S/C23H25NO2S/c1-18-11-13-20(14-12-18)27(25,26)24-16-22-21(19-8-4-3-5-9-19)10-6-7-15-23(22,2)17-24/h3-6,8-14H,7,15-17H2,1-2H3/t23-/m0/s1. The molecule has 4 heteroatoms. The van der Waals surface area contributed by atoms with Crippen LogP contribution in [-0.4, -0.2) is 25.8 Å². The Morgan fingerprint density at radius 1 is 1.00 bits per heavy atom. The SMILES string of the molecule is Cc1ccc(S(=O)(=O)N2CC3=C(c4ccccc4)C=CCC[C@@]3(C)C2)cc1. The van der Waals surface area contributed by atoms with Gasteiger partial charge in [-0.3, -0.25) is 0 Å². The van der Waals surface area contributed by atoms with Gasteiger partial charge in [0, 0.05) is 18.5 Å². The van der Waals surface area contributed by atoms with Crippen LogP contribution in [0.1, 0.15) is 30.9 Å². The van der Waals surface area contributed by atoms with Gasteiger partial charge in [-0.2, -0.15) is 4.31 Å². The van der Waals surface area contributed by atoms with Crippen molar-refractivity contribution in [1.29, 1.82) is 0 Å². The summed E-state index contributed by atoms with van der Waals surface area (Å²) in [4.78, 5) is 0.380. The second-order valence-corrected chi connectivity index (χ2v) is 9.78. The van der Waals surface area contributed by atoms with Crippen molar-refractivity contribution in [3.8, 4) is 0 Å². The molecule has 0 aromatic heterocycles. The van der Waals surface area contributed by atoms with Gasteiger partial charge in [0.15, 0.2) is 0 Å². The minimum atomic E-state index is -3.49. The predicted octanol–water partition coefficient (Wildman–Crippen LogP) is 4.81. The van der Waals surface area contributed by atoms with Crippen molar-refractivity contribution < 1.29 is 8.42 Å². The molecule has 0 unspecified atom stereocenters. The Morgan fingerprint density at radius 2 is 1.70 bits per heavy atom. The smallest absolute Gasteiger partial charge is 0.207 e. The van der Waals surface area contributed by atoms with E-state index in [1.807, 2.05) is 37.3 Å². The largest absolute Gasteiger partial charge is 0.243 e. The zero-order valence-corrected chi connectivity index (χ0v) is 16.7. The van der Waals surface area contributed by atoms with Crippen LogP contribution in [0.4, 0.5) is 0 Å². The Balaban J connectivity index is 1.78. The summed E-state index contributed by atoms with van der Waals surface area (Å²) in [6, 6.07) is 17.5. The summed E-state index contributed by atoms with van der Waals surface area (Å²) in [6.07, 6.45) is 6.33. The molecule has 0 amide bonds. The van der Waals surface area contributed by atoms with Crippen LogP contribution in [0, 0.1) is 12.3 Å². The molecular weight excluding hydrogens is 354 g/mol. The van der Waals surface area contributed by atoms with Crippen LogP contribution in [0.2, 0.25) is 0 Å². The van der Waals surface area contributed by atoms with Gasteiger partial charge in [0.05, 0.1) is 4.90 Å². The topological polar surface area (TPSA) is 37.4 Å². The molecule has 0 saturated carbocycles. The normalized spacial score (nSPS) is 23.3. The monoisotopic (exact) mass is 379 g/mol. The van der Waals surface area contributed by atoms with Gasteiger partial charge in [-0.1, -0.05) is 67.1 Å². The third-order valence-electron chi connectivity index (χ3n) is 5.80. The number of nitrogens with zero attached hydrogens (tertiary/aromatic N) is 1. The fourth-order valence-electron chi connectivity index (χ4n) is 4.17. The molecule has 0 radical (unpaired) electrons. The summed E-state index contributed by atoms with van der Waals surface area (Å²) in [5.41, 5.74) is 4.50. The first kappa shape index (κ1) is 18.2. The number of sulfonamides is 1. The molecule has 1 aliphatic heterocycles. The number of hydrogen-bond acceptors (Lipinski definition) is 2. The summed E-state index contributed by atoms with van der Waals surface area (Å²) in [5, 5.41) is 0.